The van der Waals surface area contributed by atoms with E-state index in [1.54, 1.807) is 6.07 Å². The summed E-state index contributed by atoms with van der Waals surface area (Å²) in [6.07, 6.45) is 1.35. The zero-order valence-corrected chi connectivity index (χ0v) is 9.90. The first-order chi connectivity index (χ1) is 8.15. The van der Waals surface area contributed by atoms with E-state index >= 15 is 0 Å². The highest BCUT2D eigenvalue weighted by molar-refractivity contribution is 7.98. The summed E-state index contributed by atoms with van der Waals surface area (Å²) in [6, 6.07) is 5.07. The van der Waals surface area contributed by atoms with Crippen molar-refractivity contribution in [3.8, 4) is 0 Å². The molecular weight excluding hydrogens is 240 g/mol. The number of thioether (sulfide) groups is 1. The molecule has 0 saturated carbocycles. The van der Waals surface area contributed by atoms with Crippen LogP contribution in [-0.2, 0) is 5.75 Å². The van der Waals surface area contributed by atoms with Crippen LogP contribution in [0.15, 0.2) is 33.9 Å². The van der Waals surface area contributed by atoms with E-state index in [4.69, 9.17) is 9.63 Å². The summed E-state index contributed by atoms with van der Waals surface area (Å²) in [7, 11) is 0. The smallest absolute Gasteiger partial charge is 0.337 e. The number of hydrogen-bond donors (Lipinski definition) is 1. The zero-order valence-electron chi connectivity index (χ0n) is 9.08. The summed E-state index contributed by atoms with van der Waals surface area (Å²) in [6.45, 7) is 1.83. The Balaban J connectivity index is 1.97. The highest BCUT2D eigenvalue weighted by Gasteiger charge is 2.05. The monoisotopic (exact) mass is 250 g/mol. The van der Waals surface area contributed by atoms with E-state index in [-0.39, 0.29) is 5.56 Å². The maximum atomic E-state index is 10.6. The molecule has 2 heterocycles. The third-order valence-electron chi connectivity index (χ3n) is 2.03. The molecule has 2 aromatic rings. The van der Waals surface area contributed by atoms with Crippen LogP contribution in [0.1, 0.15) is 21.8 Å². The highest BCUT2D eigenvalue weighted by Crippen LogP contribution is 2.20. The quantitative estimate of drug-likeness (QED) is 0.839. The molecule has 0 atom stereocenters. The van der Waals surface area contributed by atoms with Gasteiger partial charge in [-0.05, 0) is 19.1 Å². The molecule has 5 nitrogen and oxygen atoms in total. The summed E-state index contributed by atoms with van der Waals surface area (Å²) in [5, 5.41) is 13.3. The zero-order chi connectivity index (χ0) is 12.3. The van der Waals surface area contributed by atoms with Crippen molar-refractivity contribution in [3.05, 3.63) is 41.4 Å². The van der Waals surface area contributed by atoms with E-state index in [0.29, 0.717) is 5.75 Å². The van der Waals surface area contributed by atoms with Crippen LogP contribution in [0.5, 0.6) is 0 Å². The predicted octanol–water partition coefficient (Wildman–Crippen LogP) is 2.37. The van der Waals surface area contributed by atoms with Gasteiger partial charge in [-0.1, -0.05) is 16.9 Å². The van der Waals surface area contributed by atoms with Crippen molar-refractivity contribution >= 4 is 17.7 Å². The number of aromatic nitrogens is 2. The van der Waals surface area contributed by atoms with Gasteiger partial charge in [-0.3, -0.25) is 0 Å². The fraction of sp³-hybridized carbons (Fsp3) is 0.182. The Morgan fingerprint density at radius 2 is 2.35 bits per heavy atom. The standard InChI is InChI=1S/C11H10N2O3S/c1-7-4-9(13-16-7)6-17-10-3-2-8(5-12-10)11(14)15/h2-5H,6H2,1H3,(H,14,15). The molecular formula is C11H10N2O3S. The molecule has 2 aromatic heterocycles. The number of carbonyl (C=O) groups is 1. The first kappa shape index (κ1) is 11.7. The number of nitrogens with zero attached hydrogens (tertiary/aromatic N) is 2. The number of carboxylic acid groups (broad SMARTS) is 1. The van der Waals surface area contributed by atoms with Crippen LogP contribution in [0, 0.1) is 6.92 Å². The second-order valence-electron chi connectivity index (χ2n) is 3.41. The van der Waals surface area contributed by atoms with Gasteiger partial charge < -0.3 is 9.63 Å². The third-order valence-corrected chi connectivity index (χ3v) is 3.01. The van der Waals surface area contributed by atoms with Crippen molar-refractivity contribution < 1.29 is 14.4 Å². The molecule has 88 valence electrons. The molecule has 0 aliphatic rings. The van der Waals surface area contributed by atoms with E-state index in [0.717, 1.165) is 16.5 Å². The first-order valence-corrected chi connectivity index (χ1v) is 5.88. The van der Waals surface area contributed by atoms with E-state index in [2.05, 4.69) is 10.1 Å². The van der Waals surface area contributed by atoms with Crippen molar-refractivity contribution in [3.63, 3.8) is 0 Å². The third kappa shape index (κ3) is 3.07. The minimum atomic E-state index is -0.971. The van der Waals surface area contributed by atoms with Crippen molar-refractivity contribution in [2.45, 2.75) is 17.7 Å². The van der Waals surface area contributed by atoms with E-state index < -0.39 is 5.97 Å². The lowest BCUT2D eigenvalue weighted by Crippen LogP contribution is -1.96. The lowest BCUT2D eigenvalue weighted by molar-refractivity contribution is 0.0696. The van der Waals surface area contributed by atoms with Crippen LogP contribution in [0.4, 0.5) is 0 Å². The van der Waals surface area contributed by atoms with Gasteiger partial charge in [0.25, 0.3) is 0 Å². The highest BCUT2D eigenvalue weighted by atomic mass is 32.2. The number of rotatable bonds is 4. The summed E-state index contributed by atoms with van der Waals surface area (Å²) < 4.78 is 4.94. The topological polar surface area (TPSA) is 76.2 Å². The van der Waals surface area contributed by atoms with Gasteiger partial charge >= 0.3 is 5.97 Å². The van der Waals surface area contributed by atoms with Crippen molar-refractivity contribution in [2.24, 2.45) is 0 Å². The average molecular weight is 250 g/mol. The summed E-state index contributed by atoms with van der Waals surface area (Å²) in [4.78, 5) is 14.7. The van der Waals surface area contributed by atoms with Gasteiger partial charge in [0.1, 0.15) is 5.76 Å². The maximum absolute atomic E-state index is 10.6. The molecule has 0 amide bonds. The average Bonchev–Trinajstić information content (AvgIpc) is 2.73. The molecule has 17 heavy (non-hydrogen) atoms. The van der Waals surface area contributed by atoms with Gasteiger partial charge in [-0.15, -0.1) is 0 Å². The fourth-order valence-electron chi connectivity index (χ4n) is 1.23. The number of pyridine rings is 1. The molecule has 0 aromatic carbocycles. The minimum Gasteiger partial charge on any atom is -0.478 e. The number of aryl methyl sites for hydroxylation is 1. The van der Waals surface area contributed by atoms with E-state index in [9.17, 15) is 4.79 Å². The first-order valence-electron chi connectivity index (χ1n) is 4.89. The SMILES string of the molecule is Cc1cc(CSc2ccc(C(=O)O)cn2)no1. The van der Waals surface area contributed by atoms with E-state index in [1.165, 1.54) is 24.0 Å². The predicted molar refractivity (Wildman–Crippen MR) is 62.0 cm³/mol. The number of aromatic carboxylic acids is 1. The van der Waals surface area contributed by atoms with Crippen LogP contribution >= 0.6 is 11.8 Å². The summed E-state index contributed by atoms with van der Waals surface area (Å²) >= 11 is 1.48. The van der Waals surface area contributed by atoms with Crippen LogP contribution in [-0.4, -0.2) is 21.2 Å². The van der Waals surface area contributed by atoms with Crippen LogP contribution in [0.2, 0.25) is 0 Å². The van der Waals surface area contributed by atoms with Gasteiger partial charge in [-0.2, -0.15) is 0 Å². The lowest BCUT2D eigenvalue weighted by Gasteiger charge is -1.98. The van der Waals surface area contributed by atoms with E-state index in [1.807, 2.05) is 13.0 Å². The Bertz CT molecular complexity index is 522. The number of carboxylic acids is 1. The number of hydrogen-bond acceptors (Lipinski definition) is 5. The van der Waals surface area contributed by atoms with Gasteiger partial charge in [-0.25, -0.2) is 9.78 Å². The van der Waals surface area contributed by atoms with Crippen LogP contribution in [0.3, 0.4) is 0 Å². The van der Waals surface area contributed by atoms with Gasteiger partial charge in [0.15, 0.2) is 0 Å². The Hall–Kier alpha value is -1.82. The van der Waals surface area contributed by atoms with Crippen molar-refractivity contribution in [1.82, 2.24) is 10.1 Å². The van der Waals surface area contributed by atoms with Crippen LogP contribution in [0.25, 0.3) is 0 Å². The normalized spacial score (nSPS) is 10.4. The largest absolute Gasteiger partial charge is 0.478 e. The fourth-order valence-corrected chi connectivity index (χ4v) is 1.95. The molecule has 0 fully saturated rings. The molecule has 1 N–H and O–H groups in total. The second kappa shape index (κ2) is 5.01. The minimum absolute atomic E-state index is 0.187. The Morgan fingerprint density at radius 3 is 2.88 bits per heavy atom. The molecule has 0 radical (unpaired) electrons. The molecule has 0 unspecified atom stereocenters. The molecule has 2 rings (SSSR count). The van der Waals surface area contributed by atoms with Gasteiger partial charge in [0, 0.05) is 18.0 Å². The molecule has 6 heteroatoms. The Kier molecular flexibility index (Phi) is 3.43. The molecule has 0 aliphatic carbocycles. The van der Waals surface area contributed by atoms with Crippen molar-refractivity contribution in [1.29, 1.82) is 0 Å². The molecule has 0 aliphatic heterocycles. The Morgan fingerprint density at radius 1 is 1.53 bits per heavy atom. The Labute approximate surface area is 102 Å². The molecule has 0 bridgehead atoms. The van der Waals surface area contributed by atoms with Gasteiger partial charge in [0.2, 0.25) is 0 Å². The lowest BCUT2D eigenvalue weighted by atomic mass is 10.3. The maximum Gasteiger partial charge on any atom is 0.337 e. The summed E-state index contributed by atoms with van der Waals surface area (Å²) in [5.74, 6) is 0.451. The van der Waals surface area contributed by atoms with Crippen LogP contribution < -0.4 is 0 Å². The molecule has 0 saturated heterocycles. The van der Waals surface area contributed by atoms with Gasteiger partial charge in [0.05, 0.1) is 16.3 Å². The van der Waals surface area contributed by atoms with Crippen molar-refractivity contribution in [2.75, 3.05) is 0 Å². The second-order valence-corrected chi connectivity index (χ2v) is 4.40. The molecule has 0 spiro atoms. The summed E-state index contributed by atoms with van der Waals surface area (Å²) in [5.41, 5.74) is 1.03.